The fraction of sp³-hybridized carbons (Fsp3) is 0.588. The number of carbonyl (C=O) groups is 5. The average molecular weight is 669 g/mol. The number of aliphatic hydroxyl groups is 1. The highest BCUT2D eigenvalue weighted by Gasteiger charge is 2.39. The molecule has 0 unspecified atom stereocenters. The Morgan fingerprint density at radius 1 is 1.06 bits per heavy atom. The summed E-state index contributed by atoms with van der Waals surface area (Å²) in [6, 6.07) is 5.83. The number of likely N-dealkylation sites (N-methyl/N-ethyl adjacent to an activating group) is 1. The van der Waals surface area contributed by atoms with Crippen LogP contribution in [-0.2, 0) is 36.8 Å². The zero-order chi connectivity index (χ0) is 35.2. The third-order valence-electron chi connectivity index (χ3n) is 9.28. The first-order chi connectivity index (χ1) is 22.7. The maximum Gasteiger partial charge on any atom is 0.258 e. The lowest BCUT2D eigenvalue weighted by molar-refractivity contribution is -0.144. The normalized spacial score (nSPS) is 23.7. The van der Waals surface area contributed by atoms with Crippen LogP contribution in [0, 0.1) is 18.3 Å². The molecular weight excluding hydrogens is 620 g/mol. The number of aryl methyl sites for hydroxylation is 1. The first-order valence-corrected chi connectivity index (χ1v) is 16.4. The smallest absolute Gasteiger partial charge is 0.258 e. The van der Waals surface area contributed by atoms with E-state index < -0.39 is 54.0 Å². The monoisotopic (exact) mass is 668 g/mol. The number of aromatic nitrogens is 1. The van der Waals surface area contributed by atoms with E-state index in [-0.39, 0.29) is 24.2 Å². The molecule has 1 aromatic heterocycles. The Morgan fingerprint density at radius 3 is 2.40 bits per heavy atom. The van der Waals surface area contributed by atoms with Crippen molar-refractivity contribution in [1.82, 2.24) is 30.9 Å². The summed E-state index contributed by atoms with van der Waals surface area (Å²) in [5.74, 6) is -1.60. The van der Waals surface area contributed by atoms with Crippen molar-refractivity contribution in [2.45, 2.75) is 84.5 Å². The van der Waals surface area contributed by atoms with E-state index >= 15 is 0 Å². The zero-order valence-electron chi connectivity index (χ0n) is 28.6. The Bertz CT molecular complexity index is 1480. The van der Waals surface area contributed by atoms with Gasteiger partial charge in [0, 0.05) is 32.7 Å². The Kier molecular flexibility index (Phi) is 11.8. The molecule has 5 amide bonds. The molecule has 4 rings (SSSR count). The SMILES string of the molecule is Cc1cc(CC(=O)N2CCC3(CC2)CNC(=O)[C@@H](C(C)C)NC(=O)[C@H](C)N(C)C(=O)[C@H]([C@@H](C)O)NC(=O)COc2cccc(c2)C3)on1. The van der Waals surface area contributed by atoms with Crippen LogP contribution in [0.15, 0.2) is 34.9 Å². The summed E-state index contributed by atoms with van der Waals surface area (Å²) in [5.41, 5.74) is 1.20. The molecule has 1 saturated heterocycles. The van der Waals surface area contributed by atoms with Gasteiger partial charge in [0.1, 0.15) is 29.6 Å². The van der Waals surface area contributed by atoms with Crippen LogP contribution in [0.25, 0.3) is 0 Å². The quantitative estimate of drug-likeness (QED) is 0.365. The van der Waals surface area contributed by atoms with E-state index in [2.05, 4.69) is 21.1 Å². The summed E-state index contributed by atoms with van der Waals surface area (Å²) in [4.78, 5) is 69.2. The number of rotatable bonds is 4. The number of fused-ring (bicyclic) bond motifs is 2. The third kappa shape index (κ3) is 9.12. The van der Waals surface area contributed by atoms with Gasteiger partial charge in [-0.3, -0.25) is 24.0 Å². The molecule has 2 aliphatic heterocycles. The molecule has 3 heterocycles. The molecule has 48 heavy (non-hydrogen) atoms. The molecular formula is C34H48N6O8. The van der Waals surface area contributed by atoms with Crippen LogP contribution < -0.4 is 20.7 Å². The van der Waals surface area contributed by atoms with E-state index in [0.717, 1.165) is 10.5 Å². The molecule has 4 atom stereocenters. The Hall–Kier alpha value is -4.46. The second kappa shape index (κ2) is 15.6. The minimum atomic E-state index is -1.32. The van der Waals surface area contributed by atoms with Crippen LogP contribution in [0.1, 0.15) is 57.6 Å². The molecule has 2 aromatic rings. The van der Waals surface area contributed by atoms with Crippen LogP contribution in [0.5, 0.6) is 5.75 Å². The Balaban J connectivity index is 1.60. The van der Waals surface area contributed by atoms with Crippen LogP contribution >= 0.6 is 0 Å². The number of nitrogens with zero attached hydrogens (tertiary/aromatic N) is 3. The summed E-state index contributed by atoms with van der Waals surface area (Å²) in [6.07, 6.45) is 0.621. The van der Waals surface area contributed by atoms with Crippen molar-refractivity contribution >= 4 is 29.5 Å². The van der Waals surface area contributed by atoms with Crippen molar-refractivity contribution in [3.63, 3.8) is 0 Å². The number of benzene rings is 1. The van der Waals surface area contributed by atoms with Crippen LogP contribution in [-0.4, -0.2) is 107 Å². The van der Waals surface area contributed by atoms with Gasteiger partial charge < -0.3 is 40.1 Å². The maximum atomic E-state index is 13.7. The second-order valence-electron chi connectivity index (χ2n) is 13.5. The van der Waals surface area contributed by atoms with Crippen molar-refractivity contribution in [2.75, 3.05) is 33.3 Å². The number of piperidine rings is 1. The van der Waals surface area contributed by atoms with Crippen molar-refractivity contribution < 1.29 is 38.3 Å². The largest absolute Gasteiger partial charge is 0.484 e. The average Bonchev–Trinajstić information content (AvgIpc) is 3.46. The summed E-state index contributed by atoms with van der Waals surface area (Å²) in [5, 5.41) is 22.6. The Morgan fingerprint density at radius 2 is 1.77 bits per heavy atom. The third-order valence-corrected chi connectivity index (χ3v) is 9.28. The summed E-state index contributed by atoms with van der Waals surface area (Å²) in [6.45, 7) is 9.16. The standard InChI is InChI=1S/C34H48N6O8/c1-20(2)29-32(45)35-19-34(10-12-40(13-11-34)28(43)16-26-14-21(3)38-48-26)17-24-8-7-9-25(15-24)47-18-27(42)36-30(23(5)41)33(46)39(6)22(4)31(44)37-29/h7-9,14-15,20,22-23,29-30,41H,10-13,16-19H2,1-6H3,(H,35,45)(H,36,42)(H,37,44)/t22-,23+,29+,30-/m0/s1. The van der Waals surface area contributed by atoms with E-state index in [1.54, 1.807) is 24.0 Å². The molecule has 2 bridgehead atoms. The van der Waals surface area contributed by atoms with Crippen LogP contribution in [0.2, 0.25) is 0 Å². The minimum absolute atomic E-state index is 0.0622. The molecule has 4 N–H and O–H groups in total. The highest BCUT2D eigenvalue weighted by atomic mass is 16.5. The van der Waals surface area contributed by atoms with Gasteiger partial charge >= 0.3 is 0 Å². The van der Waals surface area contributed by atoms with Crippen molar-refractivity contribution in [2.24, 2.45) is 11.3 Å². The van der Waals surface area contributed by atoms with E-state index in [0.29, 0.717) is 56.1 Å². The lowest BCUT2D eigenvalue weighted by Gasteiger charge is -2.42. The minimum Gasteiger partial charge on any atom is -0.484 e. The van der Waals surface area contributed by atoms with Gasteiger partial charge in [-0.05, 0) is 69.1 Å². The van der Waals surface area contributed by atoms with Crippen molar-refractivity contribution in [1.29, 1.82) is 0 Å². The molecule has 14 heteroatoms. The predicted octanol–water partition coefficient (Wildman–Crippen LogP) is 0.739. The molecule has 1 spiro atoms. The lowest BCUT2D eigenvalue weighted by atomic mass is 9.73. The van der Waals surface area contributed by atoms with Gasteiger partial charge in [-0.1, -0.05) is 31.1 Å². The molecule has 1 aromatic carbocycles. The van der Waals surface area contributed by atoms with E-state index in [4.69, 9.17) is 9.26 Å². The van der Waals surface area contributed by atoms with E-state index in [1.165, 1.54) is 20.9 Å². The van der Waals surface area contributed by atoms with Gasteiger partial charge in [0.25, 0.3) is 5.91 Å². The van der Waals surface area contributed by atoms with Crippen LogP contribution in [0.4, 0.5) is 0 Å². The summed E-state index contributed by atoms with van der Waals surface area (Å²) in [7, 11) is 1.40. The number of aliphatic hydroxyl groups excluding tert-OH is 1. The topological polar surface area (TPSA) is 183 Å². The number of carbonyl (C=O) groups excluding carboxylic acids is 5. The zero-order valence-corrected chi connectivity index (χ0v) is 28.6. The maximum absolute atomic E-state index is 13.7. The fourth-order valence-electron chi connectivity index (χ4n) is 6.12. The number of ether oxygens (including phenoxy) is 1. The van der Waals surface area contributed by atoms with Crippen LogP contribution in [0.3, 0.4) is 0 Å². The van der Waals surface area contributed by atoms with Gasteiger partial charge in [0.2, 0.25) is 23.6 Å². The Labute approximate surface area is 280 Å². The number of hydrogen-bond acceptors (Lipinski definition) is 9. The second-order valence-corrected chi connectivity index (χ2v) is 13.5. The number of amides is 5. The number of likely N-dealkylation sites (tertiary alicyclic amines) is 1. The molecule has 0 radical (unpaired) electrons. The molecule has 262 valence electrons. The van der Waals surface area contributed by atoms with Gasteiger partial charge in [-0.25, -0.2) is 0 Å². The lowest BCUT2D eigenvalue weighted by Crippen LogP contribution is -2.59. The molecule has 14 nitrogen and oxygen atoms in total. The molecule has 0 aliphatic carbocycles. The van der Waals surface area contributed by atoms with E-state index in [1.807, 2.05) is 32.0 Å². The van der Waals surface area contributed by atoms with Gasteiger partial charge in [0.05, 0.1) is 18.2 Å². The predicted molar refractivity (Wildman–Crippen MR) is 174 cm³/mol. The summed E-state index contributed by atoms with van der Waals surface area (Å²) >= 11 is 0. The highest BCUT2D eigenvalue weighted by Crippen LogP contribution is 2.36. The highest BCUT2D eigenvalue weighted by molar-refractivity contribution is 5.94. The van der Waals surface area contributed by atoms with E-state index in [9.17, 15) is 29.1 Å². The molecule has 0 saturated carbocycles. The molecule has 2 aliphatic rings. The number of hydrogen-bond donors (Lipinski definition) is 4. The summed E-state index contributed by atoms with van der Waals surface area (Å²) < 4.78 is 11.0. The van der Waals surface area contributed by atoms with Gasteiger partial charge in [0.15, 0.2) is 6.61 Å². The van der Waals surface area contributed by atoms with Crippen molar-refractivity contribution in [3.05, 3.63) is 47.3 Å². The fourth-order valence-corrected chi connectivity index (χ4v) is 6.12. The number of nitrogens with one attached hydrogen (secondary N) is 3. The van der Waals surface area contributed by atoms with Gasteiger partial charge in [-0.2, -0.15) is 0 Å². The first kappa shape index (κ1) is 36.4. The van der Waals surface area contributed by atoms with Gasteiger partial charge in [-0.15, -0.1) is 0 Å². The first-order valence-electron chi connectivity index (χ1n) is 16.4. The van der Waals surface area contributed by atoms with Crippen molar-refractivity contribution in [3.8, 4) is 5.75 Å². The molecule has 1 fully saturated rings.